The molecule has 0 saturated carbocycles. The Balaban J connectivity index is 2.48. The first kappa shape index (κ1) is 13.2. The van der Waals surface area contributed by atoms with Crippen LogP contribution < -0.4 is 20.5 Å². The summed E-state index contributed by atoms with van der Waals surface area (Å²) in [6.07, 6.45) is 0.310. The number of ether oxygens (including phenoxy) is 2. The fraction of sp³-hybridized carbons (Fsp3) is 0.417. The first-order valence-corrected chi connectivity index (χ1v) is 5.50. The van der Waals surface area contributed by atoms with Crippen LogP contribution in [0.1, 0.15) is 13.3 Å². The molecule has 1 aromatic carbocycles. The largest absolute Gasteiger partial charge is 0.497 e. The van der Waals surface area contributed by atoms with E-state index in [9.17, 15) is 4.79 Å². The van der Waals surface area contributed by atoms with Crippen molar-refractivity contribution in [1.29, 1.82) is 0 Å². The second-order valence-corrected chi connectivity index (χ2v) is 3.46. The summed E-state index contributed by atoms with van der Waals surface area (Å²) in [6.45, 7) is 2.79. The molecular weight excluding hydrogens is 220 g/mol. The van der Waals surface area contributed by atoms with Crippen molar-refractivity contribution in [2.75, 3.05) is 26.0 Å². The second-order valence-electron chi connectivity index (χ2n) is 3.46. The van der Waals surface area contributed by atoms with E-state index < -0.39 is 0 Å². The monoisotopic (exact) mass is 238 g/mol. The van der Waals surface area contributed by atoms with Crippen LogP contribution in [0.25, 0.3) is 0 Å². The summed E-state index contributed by atoms with van der Waals surface area (Å²) in [5.74, 6) is 1.18. The van der Waals surface area contributed by atoms with Gasteiger partial charge in [-0.1, -0.05) is 0 Å². The highest BCUT2D eigenvalue weighted by Gasteiger charge is 2.04. The Kier molecular flexibility index (Phi) is 5.13. The summed E-state index contributed by atoms with van der Waals surface area (Å²) in [5.41, 5.74) is 6.27. The van der Waals surface area contributed by atoms with Gasteiger partial charge in [0.2, 0.25) is 5.91 Å². The molecule has 1 amide bonds. The van der Waals surface area contributed by atoms with Crippen molar-refractivity contribution >= 4 is 11.6 Å². The molecule has 0 saturated heterocycles. The Morgan fingerprint density at radius 1 is 1.47 bits per heavy atom. The number of carbonyl (C=O) groups excluding carboxylic acids is 1. The molecular formula is C12H18N2O3. The third kappa shape index (κ3) is 4.22. The Bertz CT molecular complexity index is 380. The summed E-state index contributed by atoms with van der Waals surface area (Å²) in [4.78, 5) is 11.2. The molecule has 0 radical (unpaired) electrons. The molecule has 0 spiro atoms. The van der Waals surface area contributed by atoms with Gasteiger partial charge in [-0.3, -0.25) is 4.79 Å². The van der Waals surface area contributed by atoms with E-state index in [1.54, 1.807) is 25.3 Å². The van der Waals surface area contributed by atoms with Crippen LogP contribution >= 0.6 is 0 Å². The lowest BCUT2D eigenvalue weighted by Crippen LogP contribution is -2.24. The lowest BCUT2D eigenvalue weighted by Gasteiger charge is -2.10. The van der Waals surface area contributed by atoms with Crippen molar-refractivity contribution in [3.05, 3.63) is 18.2 Å². The van der Waals surface area contributed by atoms with E-state index in [-0.39, 0.29) is 5.91 Å². The van der Waals surface area contributed by atoms with Gasteiger partial charge in [-0.15, -0.1) is 0 Å². The van der Waals surface area contributed by atoms with Crippen LogP contribution in [0, 0.1) is 0 Å². The third-order valence-electron chi connectivity index (χ3n) is 2.18. The molecule has 0 aliphatic carbocycles. The Morgan fingerprint density at radius 2 is 2.24 bits per heavy atom. The highest BCUT2D eigenvalue weighted by molar-refractivity contribution is 5.75. The highest BCUT2D eigenvalue weighted by Crippen LogP contribution is 2.26. The van der Waals surface area contributed by atoms with E-state index in [4.69, 9.17) is 15.2 Å². The van der Waals surface area contributed by atoms with Crippen LogP contribution in [-0.2, 0) is 4.79 Å². The summed E-state index contributed by atoms with van der Waals surface area (Å²) in [6, 6.07) is 5.17. The number of methoxy groups -OCH3 is 1. The average Bonchev–Trinajstić information content (AvgIpc) is 2.32. The molecule has 3 N–H and O–H groups in total. The predicted molar refractivity (Wildman–Crippen MR) is 66.2 cm³/mol. The average molecular weight is 238 g/mol. The summed E-state index contributed by atoms with van der Waals surface area (Å²) in [5, 5.41) is 2.69. The van der Waals surface area contributed by atoms with E-state index in [0.717, 1.165) is 0 Å². The topological polar surface area (TPSA) is 73.6 Å². The minimum Gasteiger partial charge on any atom is -0.497 e. The van der Waals surface area contributed by atoms with Crippen LogP contribution in [0.4, 0.5) is 5.69 Å². The van der Waals surface area contributed by atoms with Gasteiger partial charge in [-0.25, -0.2) is 0 Å². The fourth-order valence-electron chi connectivity index (χ4n) is 1.31. The van der Waals surface area contributed by atoms with Gasteiger partial charge in [0, 0.05) is 12.6 Å². The molecule has 0 aliphatic rings. The summed E-state index contributed by atoms with van der Waals surface area (Å²) in [7, 11) is 1.57. The molecule has 0 bridgehead atoms. The number of benzene rings is 1. The predicted octanol–water partition coefficient (Wildman–Crippen LogP) is 1.18. The van der Waals surface area contributed by atoms with Crippen molar-refractivity contribution in [3.63, 3.8) is 0 Å². The van der Waals surface area contributed by atoms with Gasteiger partial charge in [0.25, 0.3) is 0 Å². The fourth-order valence-corrected chi connectivity index (χ4v) is 1.31. The lowest BCUT2D eigenvalue weighted by atomic mass is 10.3. The van der Waals surface area contributed by atoms with Crippen LogP contribution in [0.2, 0.25) is 0 Å². The Morgan fingerprint density at radius 3 is 2.88 bits per heavy atom. The first-order chi connectivity index (χ1) is 8.17. The molecule has 0 heterocycles. The zero-order valence-electron chi connectivity index (χ0n) is 10.2. The third-order valence-corrected chi connectivity index (χ3v) is 2.18. The van der Waals surface area contributed by atoms with E-state index in [1.165, 1.54) is 0 Å². The van der Waals surface area contributed by atoms with Gasteiger partial charge >= 0.3 is 0 Å². The molecule has 5 nitrogen and oxygen atoms in total. The number of rotatable bonds is 6. The molecule has 5 heteroatoms. The van der Waals surface area contributed by atoms with Crippen LogP contribution in [0.15, 0.2) is 18.2 Å². The maximum absolute atomic E-state index is 11.2. The zero-order chi connectivity index (χ0) is 12.7. The standard InChI is InChI=1S/C12H18N2O3/c1-3-14-12(15)6-7-17-11-8-9(16-2)4-5-10(11)13/h4-5,8H,3,6-7,13H2,1-2H3,(H,14,15). The molecule has 0 atom stereocenters. The maximum atomic E-state index is 11.2. The number of nitrogens with two attached hydrogens (primary N) is 1. The van der Waals surface area contributed by atoms with Gasteiger partial charge in [0.05, 0.1) is 25.8 Å². The van der Waals surface area contributed by atoms with Crippen molar-refractivity contribution in [1.82, 2.24) is 5.32 Å². The van der Waals surface area contributed by atoms with Gasteiger partial charge in [0.1, 0.15) is 11.5 Å². The second kappa shape index (κ2) is 6.62. The maximum Gasteiger partial charge on any atom is 0.223 e. The van der Waals surface area contributed by atoms with Gasteiger partial charge < -0.3 is 20.5 Å². The summed E-state index contributed by atoms with van der Waals surface area (Å²) < 4.78 is 10.5. The zero-order valence-corrected chi connectivity index (χ0v) is 10.2. The molecule has 0 aromatic heterocycles. The molecule has 1 aromatic rings. The number of nitrogen functional groups attached to an aromatic ring is 1. The minimum atomic E-state index is -0.0334. The first-order valence-electron chi connectivity index (χ1n) is 5.50. The Hall–Kier alpha value is -1.91. The highest BCUT2D eigenvalue weighted by atomic mass is 16.5. The number of carbonyl (C=O) groups is 1. The van der Waals surface area contributed by atoms with Crippen molar-refractivity contribution < 1.29 is 14.3 Å². The molecule has 0 unspecified atom stereocenters. The van der Waals surface area contributed by atoms with E-state index in [2.05, 4.69) is 5.32 Å². The number of hydrogen-bond donors (Lipinski definition) is 2. The van der Waals surface area contributed by atoms with E-state index in [0.29, 0.717) is 36.8 Å². The molecule has 0 aliphatic heterocycles. The van der Waals surface area contributed by atoms with Crippen molar-refractivity contribution in [2.45, 2.75) is 13.3 Å². The molecule has 17 heavy (non-hydrogen) atoms. The molecule has 0 fully saturated rings. The normalized spacial score (nSPS) is 9.76. The van der Waals surface area contributed by atoms with Gasteiger partial charge in [-0.2, -0.15) is 0 Å². The van der Waals surface area contributed by atoms with Crippen molar-refractivity contribution in [2.24, 2.45) is 0 Å². The molecule has 94 valence electrons. The van der Waals surface area contributed by atoms with Crippen LogP contribution in [-0.4, -0.2) is 26.2 Å². The van der Waals surface area contributed by atoms with Gasteiger partial charge in [0.15, 0.2) is 0 Å². The SMILES string of the molecule is CCNC(=O)CCOc1cc(OC)ccc1N. The minimum absolute atomic E-state index is 0.0334. The molecule has 1 rings (SSSR count). The van der Waals surface area contributed by atoms with Crippen LogP contribution in [0.5, 0.6) is 11.5 Å². The van der Waals surface area contributed by atoms with Gasteiger partial charge in [-0.05, 0) is 19.1 Å². The van der Waals surface area contributed by atoms with E-state index in [1.807, 2.05) is 6.92 Å². The van der Waals surface area contributed by atoms with Crippen LogP contribution in [0.3, 0.4) is 0 Å². The number of nitrogens with one attached hydrogen (secondary N) is 1. The summed E-state index contributed by atoms with van der Waals surface area (Å²) >= 11 is 0. The lowest BCUT2D eigenvalue weighted by molar-refractivity contribution is -0.121. The quantitative estimate of drug-likeness (QED) is 0.730. The number of amides is 1. The number of anilines is 1. The van der Waals surface area contributed by atoms with Crippen molar-refractivity contribution in [3.8, 4) is 11.5 Å². The smallest absolute Gasteiger partial charge is 0.223 e. The Labute approximate surface area is 101 Å². The number of hydrogen-bond acceptors (Lipinski definition) is 4. The van der Waals surface area contributed by atoms with E-state index >= 15 is 0 Å².